The second kappa shape index (κ2) is 5.83. The van der Waals surface area contributed by atoms with Crippen LogP contribution in [-0.4, -0.2) is 15.1 Å². The van der Waals surface area contributed by atoms with Gasteiger partial charge < -0.3 is 0 Å². The molecule has 1 aromatic carbocycles. The minimum atomic E-state index is 0.470. The van der Waals surface area contributed by atoms with Crippen molar-refractivity contribution in [2.45, 2.75) is 12.3 Å². The Labute approximate surface area is 118 Å². The topological polar surface area (TPSA) is 17.8 Å². The molecule has 4 heteroatoms. The van der Waals surface area contributed by atoms with Gasteiger partial charge in [0.25, 0.3) is 0 Å². The summed E-state index contributed by atoms with van der Waals surface area (Å²) in [5.74, 6) is 0.470. The minimum absolute atomic E-state index is 0.470. The van der Waals surface area contributed by atoms with E-state index in [9.17, 15) is 0 Å². The molecule has 1 atom stereocenters. The van der Waals surface area contributed by atoms with Crippen LogP contribution in [0, 0.1) is 0 Å². The average molecular weight is 358 g/mol. The van der Waals surface area contributed by atoms with Crippen LogP contribution in [0.1, 0.15) is 17.2 Å². The number of rotatable bonds is 4. The van der Waals surface area contributed by atoms with Crippen LogP contribution in [-0.2, 0) is 13.5 Å². The molecule has 1 aromatic heterocycles. The Morgan fingerprint density at radius 2 is 1.94 bits per heavy atom. The van der Waals surface area contributed by atoms with Gasteiger partial charge in [-0.15, -0.1) is 0 Å². The van der Waals surface area contributed by atoms with Crippen LogP contribution >= 0.6 is 31.9 Å². The zero-order valence-electron chi connectivity index (χ0n) is 9.61. The number of nitrogens with zero attached hydrogens (tertiary/aromatic N) is 2. The van der Waals surface area contributed by atoms with Crippen molar-refractivity contribution in [2.24, 2.45) is 7.05 Å². The SMILES string of the molecule is Cn1ccc(CC(CBr)c2ccc(Br)cc2)n1. The smallest absolute Gasteiger partial charge is 0.0630 e. The first-order chi connectivity index (χ1) is 8.19. The maximum atomic E-state index is 4.43. The van der Waals surface area contributed by atoms with E-state index >= 15 is 0 Å². The van der Waals surface area contributed by atoms with E-state index in [2.05, 4.69) is 67.3 Å². The van der Waals surface area contributed by atoms with Crippen LogP contribution in [0.25, 0.3) is 0 Å². The molecule has 0 aliphatic carbocycles. The first-order valence-corrected chi connectivity index (χ1v) is 7.40. The average Bonchev–Trinajstić information content (AvgIpc) is 2.73. The normalized spacial score (nSPS) is 12.6. The van der Waals surface area contributed by atoms with Crippen LogP contribution in [0.3, 0.4) is 0 Å². The summed E-state index contributed by atoms with van der Waals surface area (Å²) in [5, 5.41) is 5.38. The van der Waals surface area contributed by atoms with Crippen molar-refractivity contribution in [1.29, 1.82) is 0 Å². The van der Waals surface area contributed by atoms with Crippen LogP contribution in [0.2, 0.25) is 0 Å². The van der Waals surface area contributed by atoms with Gasteiger partial charge in [-0.1, -0.05) is 44.0 Å². The molecule has 0 aliphatic heterocycles. The van der Waals surface area contributed by atoms with Gasteiger partial charge >= 0.3 is 0 Å². The highest BCUT2D eigenvalue weighted by atomic mass is 79.9. The summed E-state index contributed by atoms with van der Waals surface area (Å²) in [7, 11) is 1.95. The fourth-order valence-electron chi connectivity index (χ4n) is 1.82. The molecule has 90 valence electrons. The van der Waals surface area contributed by atoms with E-state index in [1.54, 1.807) is 0 Å². The lowest BCUT2D eigenvalue weighted by Gasteiger charge is -2.13. The lowest BCUT2D eigenvalue weighted by atomic mass is 9.96. The highest BCUT2D eigenvalue weighted by molar-refractivity contribution is 9.10. The second-order valence-electron chi connectivity index (χ2n) is 4.09. The molecule has 0 saturated carbocycles. The van der Waals surface area contributed by atoms with Crippen molar-refractivity contribution in [2.75, 3.05) is 5.33 Å². The van der Waals surface area contributed by atoms with Gasteiger partial charge in [-0.25, -0.2) is 0 Å². The molecule has 0 amide bonds. The molecule has 0 aliphatic rings. The third kappa shape index (κ3) is 3.42. The Balaban J connectivity index is 2.13. The van der Waals surface area contributed by atoms with E-state index in [1.807, 2.05) is 17.9 Å². The first-order valence-electron chi connectivity index (χ1n) is 5.49. The van der Waals surface area contributed by atoms with Crippen molar-refractivity contribution < 1.29 is 0 Å². The number of hydrogen-bond acceptors (Lipinski definition) is 1. The van der Waals surface area contributed by atoms with Crippen molar-refractivity contribution in [3.8, 4) is 0 Å². The quantitative estimate of drug-likeness (QED) is 0.758. The number of aromatic nitrogens is 2. The zero-order chi connectivity index (χ0) is 12.3. The van der Waals surface area contributed by atoms with E-state index in [-0.39, 0.29) is 0 Å². The monoisotopic (exact) mass is 356 g/mol. The van der Waals surface area contributed by atoms with Gasteiger partial charge in [0.1, 0.15) is 0 Å². The van der Waals surface area contributed by atoms with Crippen LogP contribution in [0.4, 0.5) is 0 Å². The zero-order valence-corrected chi connectivity index (χ0v) is 12.8. The Kier molecular flexibility index (Phi) is 4.40. The van der Waals surface area contributed by atoms with E-state index in [4.69, 9.17) is 0 Å². The summed E-state index contributed by atoms with van der Waals surface area (Å²) in [6.07, 6.45) is 2.95. The molecular formula is C13H14Br2N2. The summed E-state index contributed by atoms with van der Waals surface area (Å²) >= 11 is 7.05. The summed E-state index contributed by atoms with van der Waals surface area (Å²) in [5.41, 5.74) is 2.48. The van der Waals surface area contributed by atoms with Crippen molar-refractivity contribution >= 4 is 31.9 Å². The summed E-state index contributed by atoms with van der Waals surface area (Å²) in [6.45, 7) is 0. The van der Waals surface area contributed by atoms with Gasteiger partial charge in [0.15, 0.2) is 0 Å². The fraction of sp³-hybridized carbons (Fsp3) is 0.308. The van der Waals surface area contributed by atoms with Crippen molar-refractivity contribution in [3.63, 3.8) is 0 Å². The number of hydrogen-bond donors (Lipinski definition) is 0. The van der Waals surface area contributed by atoms with Crippen LogP contribution in [0.5, 0.6) is 0 Å². The number of aryl methyl sites for hydroxylation is 1. The molecule has 0 radical (unpaired) electrons. The van der Waals surface area contributed by atoms with E-state index in [0.717, 1.165) is 21.9 Å². The Morgan fingerprint density at radius 1 is 1.24 bits per heavy atom. The third-order valence-electron chi connectivity index (χ3n) is 2.75. The van der Waals surface area contributed by atoms with Crippen LogP contribution in [0.15, 0.2) is 41.0 Å². The van der Waals surface area contributed by atoms with Gasteiger partial charge in [-0.05, 0) is 36.1 Å². The van der Waals surface area contributed by atoms with Crippen molar-refractivity contribution in [1.82, 2.24) is 9.78 Å². The molecule has 2 aromatic rings. The van der Waals surface area contributed by atoms with Crippen molar-refractivity contribution in [3.05, 3.63) is 52.3 Å². The molecule has 0 N–H and O–H groups in total. The van der Waals surface area contributed by atoms with Gasteiger partial charge in [0.05, 0.1) is 5.69 Å². The highest BCUT2D eigenvalue weighted by Gasteiger charge is 2.12. The fourth-order valence-corrected chi connectivity index (χ4v) is 2.69. The number of alkyl halides is 1. The van der Waals surface area contributed by atoms with E-state index < -0.39 is 0 Å². The number of halogens is 2. The third-order valence-corrected chi connectivity index (χ3v) is 4.06. The second-order valence-corrected chi connectivity index (χ2v) is 5.65. The standard InChI is InChI=1S/C13H14Br2N2/c1-17-7-6-13(16-17)8-11(9-14)10-2-4-12(15)5-3-10/h2-7,11H,8-9H2,1H3. The lowest BCUT2D eigenvalue weighted by Crippen LogP contribution is -2.05. The molecule has 1 unspecified atom stereocenters. The molecule has 0 fully saturated rings. The Bertz CT molecular complexity index is 476. The molecule has 1 heterocycles. The predicted molar refractivity (Wildman–Crippen MR) is 77.6 cm³/mol. The maximum absolute atomic E-state index is 4.43. The summed E-state index contributed by atoms with van der Waals surface area (Å²) in [4.78, 5) is 0. The molecular weight excluding hydrogens is 344 g/mol. The van der Waals surface area contributed by atoms with Gasteiger partial charge in [-0.3, -0.25) is 4.68 Å². The van der Waals surface area contributed by atoms with E-state index in [1.165, 1.54) is 5.56 Å². The molecule has 2 nitrogen and oxygen atoms in total. The largest absolute Gasteiger partial charge is 0.276 e. The predicted octanol–water partition coefficient (Wildman–Crippen LogP) is 3.90. The minimum Gasteiger partial charge on any atom is -0.276 e. The molecule has 0 saturated heterocycles. The molecule has 0 spiro atoms. The summed E-state index contributed by atoms with van der Waals surface area (Å²) < 4.78 is 2.97. The van der Waals surface area contributed by atoms with Gasteiger partial charge in [0, 0.05) is 23.0 Å². The highest BCUT2D eigenvalue weighted by Crippen LogP contribution is 2.24. The Morgan fingerprint density at radius 3 is 2.47 bits per heavy atom. The van der Waals surface area contributed by atoms with Gasteiger partial charge in [0.2, 0.25) is 0 Å². The lowest BCUT2D eigenvalue weighted by molar-refractivity contribution is 0.701. The molecule has 0 bridgehead atoms. The first kappa shape index (κ1) is 12.8. The Hall–Kier alpha value is -0.610. The molecule has 17 heavy (non-hydrogen) atoms. The molecule has 2 rings (SSSR count). The maximum Gasteiger partial charge on any atom is 0.0630 e. The van der Waals surface area contributed by atoms with E-state index in [0.29, 0.717) is 5.92 Å². The van der Waals surface area contributed by atoms with Gasteiger partial charge in [-0.2, -0.15) is 5.10 Å². The number of benzene rings is 1. The summed E-state index contributed by atoms with van der Waals surface area (Å²) in [6, 6.07) is 10.6. The van der Waals surface area contributed by atoms with Crippen LogP contribution < -0.4 is 0 Å².